The third-order valence-corrected chi connectivity index (χ3v) is 11.5. The molecule has 0 radical (unpaired) electrons. The van der Waals surface area contributed by atoms with Crippen LogP contribution in [0.15, 0.2) is 51.7 Å². The topological polar surface area (TPSA) is 0 Å². The van der Waals surface area contributed by atoms with Crippen LogP contribution in [0.4, 0.5) is 0 Å². The fraction of sp³-hybridized carbons (Fsp3) is 0.0909. The summed E-state index contributed by atoms with van der Waals surface area (Å²) in [6.07, 6.45) is 0. The average molecular weight is 299 g/mol. The van der Waals surface area contributed by atoms with Gasteiger partial charge in [0.1, 0.15) is 0 Å². The quantitative estimate of drug-likeness (QED) is 0.748. The molecule has 0 N–H and O–H groups in total. The Kier molecular flexibility index (Phi) is 4.07. The summed E-state index contributed by atoms with van der Waals surface area (Å²) in [6, 6.07) is 10.3. The second-order valence-electron chi connectivity index (χ2n) is 3.00. The SMILES string of the molecule is C=[CH][Sn]([Cl])([CH]=C)[CH2]c1ccccc1. The first-order valence-electron chi connectivity index (χ1n) is 4.20. The Morgan fingerprint density at radius 1 is 1.15 bits per heavy atom. The van der Waals surface area contributed by atoms with Gasteiger partial charge in [-0.15, -0.1) is 0 Å². The molecule has 0 aliphatic carbocycles. The summed E-state index contributed by atoms with van der Waals surface area (Å²) >= 11 is -2.67. The van der Waals surface area contributed by atoms with Crippen molar-refractivity contribution in [1.29, 1.82) is 0 Å². The van der Waals surface area contributed by atoms with Crippen LogP contribution < -0.4 is 0 Å². The van der Waals surface area contributed by atoms with Gasteiger partial charge in [-0.25, -0.2) is 0 Å². The molecule has 1 aromatic carbocycles. The second-order valence-corrected chi connectivity index (χ2v) is 16.3. The Morgan fingerprint density at radius 2 is 1.69 bits per heavy atom. The maximum absolute atomic E-state index is 6.42. The molecule has 0 nitrogen and oxygen atoms in total. The molecule has 0 unspecified atom stereocenters. The zero-order chi connectivity index (χ0) is 9.73. The van der Waals surface area contributed by atoms with E-state index in [2.05, 4.69) is 25.3 Å². The van der Waals surface area contributed by atoms with Crippen molar-refractivity contribution >= 4 is 26.2 Å². The fourth-order valence-electron chi connectivity index (χ4n) is 1.14. The fourth-order valence-corrected chi connectivity index (χ4v) is 5.93. The zero-order valence-corrected chi connectivity index (χ0v) is 11.2. The summed E-state index contributed by atoms with van der Waals surface area (Å²) < 4.78 is 4.80. The van der Waals surface area contributed by atoms with Gasteiger partial charge in [-0.05, 0) is 0 Å². The molecule has 1 aromatic rings. The van der Waals surface area contributed by atoms with Crippen molar-refractivity contribution in [2.75, 3.05) is 0 Å². The monoisotopic (exact) mass is 300 g/mol. The van der Waals surface area contributed by atoms with Gasteiger partial charge in [0.05, 0.1) is 0 Å². The van der Waals surface area contributed by atoms with Crippen LogP contribution in [-0.2, 0) is 4.44 Å². The third kappa shape index (κ3) is 3.20. The van der Waals surface area contributed by atoms with Crippen molar-refractivity contribution in [2.45, 2.75) is 4.44 Å². The van der Waals surface area contributed by atoms with E-state index in [1.807, 2.05) is 26.4 Å². The molecule has 0 spiro atoms. The Labute approximate surface area is 87.5 Å². The van der Waals surface area contributed by atoms with Crippen LogP contribution in [0.1, 0.15) is 5.56 Å². The van der Waals surface area contributed by atoms with Crippen LogP contribution in [0.2, 0.25) is 0 Å². The van der Waals surface area contributed by atoms with Gasteiger partial charge in [-0.3, -0.25) is 0 Å². The minimum absolute atomic E-state index is 0.948. The van der Waals surface area contributed by atoms with Crippen LogP contribution in [0, 0.1) is 0 Å². The normalized spacial score (nSPS) is 10.8. The standard InChI is InChI=1S/C7H7.2C2H3.ClH.Sn/c1-7-5-3-2-4-6-7;2*1-2;;/h2-6H,1H2;2*1H,2H2;1H;/q;;;;+1/p-1. The maximum atomic E-state index is 6.42. The second kappa shape index (κ2) is 4.87. The first kappa shape index (κ1) is 10.9. The van der Waals surface area contributed by atoms with Crippen molar-refractivity contribution in [1.82, 2.24) is 0 Å². The molecule has 0 aliphatic rings. The summed E-state index contributed by atoms with van der Waals surface area (Å²) in [5.41, 5.74) is 1.29. The number of halogens is 1. The molecule has 0 heterocycles. The van der Waals surface area contributed by atoms with E-state index in [1.54, 1.807) is 0 Å². The predicted molar refractivity (Wildman–Crippen MR) is 62.1 cm³/mol. The molecule has 0 saturated heterocycles. The first-order valence-corrected chi connectivity index (χ1v) is 13.1. The third-order valence-electron chi connectivity index (χ3n) is 2.00. The molecular weight excluding hydrogens is 286 g/mol. The summed E-state index contributed by atoms with van der Waals surface area (Å²) in [5.74, 6) is 0. The molecule has 2 heteroatoms. The van der Waals surface area contributed by atoms with Gasteiger partial charge < -0.3 is 0 Å². The molecule has 1 rings (SSSR count). The van der Waals surface area contributed by atoms with Crippen LogP contribution >= 0.6 is 8.92 Å². The Balaban J connectivity index is 2.79. The van der Waals surface area contributed by atoms with E-state index in [1.165, 1.54) is 5.56 Å². The molecule has 0 amide bonds. The van der Waals surface area contributed by atoms with Gasteiger partial charge in [0.15, 0.2) is 0 Å². The van der Waals surface area contributed by atoms with Gasteiger partial charge in [0.25, 0.3) is 0 Å². The summed E-state index contributed by atoms with van der Waals surface area (Å²) in [6.45, 7) is 7.58. The Hall–Kier alpha value is -0.211. The van der Waals surface area contributed by atoms with Crippen molar-refractivity contribution < 1.29 is 0 Å². The van der Waals surface area contributed by atoms with E-state index in [4.69, 9.17) is 8.92 Å². The summed E-state index contributed by atoms with van der Waals surface area (Å²) in [5, 5.41) is 0. The number of hydrogen-bond donors (Lipinski definition) is 0. The van der Waals surface area contributed by atoms with Crippen LogP contribution in [0.25, 0.3) is 0 Å². The van der Waals surface area contributed by atoms with E-state index < -0.39 is 17.3 Å². The first-order chi connectivity index (χ1) is 6.20. The van der Waals surface area contributed by atoms with Crippen molar-refractivity contribution in [3.05, 3.63) is 57.2 Å². The van der Waals surface area contributed by atoms with Gasteiger partial charge >= 0.3 is 87.8 Å². The molecule has 0 aliphatic heterocycles. The number of rotatable bonds is 4. The van der Waals surface area contributed by atoms with E-state index in [9.17, 15) is 0 Å². The Bertz CT molecular complexity index is 284. The number of hydrogen-bond acceptors (Lipinski definition) is 0. The van der Waals surface area contributed by atoms with Crippen LogP contribution in [0.5, 0.6) is 0 Å². The van der Waals surface area contributed by atoms with E-state index >= 15 is 0 Å². The molecule has 13 heavy (non-hydrogen) atoms. The predicted octanol–water partition coefficient (Wildman–Crippen LogP) is 3.40. The van der Waals surface area contributed by atoms with E-state index in [-0.39, 0.29) is 0 Å². The molecule has 0 atom stereocenters. The van der Waals surface area contributed by atoms with Crippen molar-refractivity contribution in [3.8, 4) is 0 Å². The number of benzene rings is 1. The van der Waals surface area contributed by atoms with Gasteiger partial charge in [0.2, 0.25) is 0 Å². The molecule has 0 aromatic heterocycles. The average Bonchev–Trinajstić information content (AvgIpc) is 2.19. The van der Waals surface area contributed by atoms with Crippen LogP contribution in [0.3, 0.4) is 0 Å². The van der Waals surface area contributed by atoms with E-state index in [0.29, 0.717) is 0 Å². The van der Waals surface area contributed by atoms with Gasteiger partial charge in [-0.1, -0.05) is 0 Å². The van der Waals surface area contributed by atoms with E-state index in [0.717, 1.165) is 4.44 Å². The molecule has 68 valence electrons. The molecule has 0 fully saturated rings. The zero-order valence-electron chi connectivity index (χ0n) is 7.54. The summed E-state index contributed by atoms with van der Waals surface area (Å²) in [7, 11) is 6.42. The van der Waals surface area contributed by atoms with Crippen molar-refractivity contribution in [2.24, 2.45) is 0 Å². The Morgan fingerprint density at radius 3 is 2.15 bits per heavy atom. The summed E-state index contributed by atoms with van der Waals surface area (Å²) in [4.78, 5) is 0. The van der Waals surface area contributed by atoms with Crippen molar-refractivity contribution in [3.63, 3.8) is 0 Å². The molecule has 0 saturated carbocycles. The van der Waals surface area contributed by atoms with Gasteiger partial charge in [-0.2, -0.15) is 0 Å². The molecular formula is C11H13ClSn. The van der Waals surface area contributed by atoms with Gasteiger partial charge in [0, 0.05) is 0 Å². The molecule has 0 bridgehead atoms. The minimum atomic E-state index is -2.67. The van der Waals surface area contributed by atoms with Crippen LogP contribution in [-0.4, -0.2) is 17.3 Å².